The van der Waals surface area contributed by atoms with Crippen LogP contribution in [0.25, 0.3) is 0 Å². The molecule has 130 valence electrons. The van der Waals surface area contributed by atoms with Crippen LogP contribution in [-0.2, 0) is 9.59 Å². The van der Waals surface area contributed by atoms with Gasteiger partial charge in [0, 0.05) is 26.2 Å². The van der Waals surface area contributed by atoms with E-state index >= 15 is 0 Å². The zero-order chi connectivity index (χ0) is 17.3. The Kier molecular flexibility index (Phi) is 5.33. The van der Waals surface area contributed by atoms with Gasteiger partial charge in [-0.25, -0.2) is 0 Å². The van der Waals surface area contributed by atoms with Crippen molar-refractivity contribution in [1.82, 2.24) is 9.80 Å². The van der Waals surface area contributed by atoms with Crippen molar-refractivity contribution in [3.8, 4) is 0 Å². The van der Waals surface area contributed by atoms with Gasteiger partial charge in [-0.05, 0) is 25.1 Å². The molecule has 2 atom stereocenters. The molecule has 0 aromatic heterocycles. The maximum absolute atomic E-state index is 12.5. The summed E-state index contributed by atoms with van der Waals surface area (Å²) in [5, 5.41) is 3.50. The summed E-state index contributed by atoms with van der Waals surface area (Å²) in [6.07, 6.45) is 0.608. The van der Waals surface area contributed by atoms with Gasteiger partial charge in [0.25, 0.3) is 0 Å². The zero-order valence-electron chi connectivity index (χ0n) is 13.6. The number of likely N-dealkylation sites (N-methyl/N-ethyl adjacent to an activating group) is 1. The summed E-state index contributed by atoms with van der Waals surface area (Å²) in [6, 6.07) is 5.10. The molecule has 1 N–H and O–H groups in total. The molecule has 1 aliphatic heterocycles. The van der Waals surface area contributed by atoms with Crippen molar-refractivity contribution in [1.29, 1.82) is 0 Å². The lowest BCUT2D eigenvalue weighted by Gasteiger charge is -2.34. The van der Waals surface area contributed by atoms with Gasteiger partial charge in [-0.1, -0.05) is 36.2 Å². The van der Waals surface area contributed by atoms with E-state index in [9.17, 15) is 9.59 Å². The highest BCUT2D eigenvalue weighted by Crippen LogP contribution is 2.41. The monoisotopic (exact) mass is 369 g/mol. The third-order valence-corrected chi connectivity index (χ3v) is 5.60. The Morgan fingerprint density at radius 1 is 1.17 bits per heavy atom. The molecule has 2 aliphatic rings. The lowest BCUT2D eigenvalue weighted by Crippen LogP contribution is -2.49. The highest BCUT2D eigenvalue weighted by Gasteiger charge is 2.49. The molecule has 5 nitrogen and oxygen atoms in total. The van der Waals surface area contributed by atoms with Crippen molar-refractivity contribution in [3.63, 3.8) is 0 Å². The topological polar surface area (TPSA) is 52.7 Å². The highest BCUT2D eigenvalue weighted by atomic mass is 35.5. The van der Waals surface area contributed by atoms with Crippen LogP contribution >= 0.6 is 23.2 Å². The number of rotatable bonds is 4. The number of anilines is 1. The Morgan fingerprint density at radius 3 is 2.54 bits per heavy atom. The molecule has 1 saturated carbocycles. The third kappa shape index (κ3) is 3.68. The first kappa shape index (κ1) is 17.5. The van der Waals surface area contributed by atoms with E-state index in [4.69, 9.17) is 23.2 Å². The molecular formula is C17H21Cl2N3O2. The predicted molar refractivity (Wildman–Crippen MR) is 95.4 cm³/mol. The van der Waals surface area contributed by atoms with Gasteiger partial charge in [-0.2, -0.15) is 0 Å². The summed E-state index contributed by atoms with van der Waals surface area (Å²) in [5.41, 5.74) is 0.490. The maximum atomic E-state index is 12.5. The fourth-order valence-electron chi connectivity index (χ4n) is 3.10. The van der Waals surface area contributed by atoms with Crippen molar-refractivity contribution < 1.29 is 9.59 Å². The summed E-state index contributed by atoms with van der Waals surface area (Å²) in [5.74, 6) is -0.527. The third-order valence-electron chi connectivity index (χ3n) is 4.79. The van der Waals surface area contributed by atoms with Gasteiger partial charge in [0.1, 0.15) is 0 Å². The Balaban J connectivity index is 1.54. The zero-order valence-corrected chi connectivity index (χ0v) is 15.1. The minimum atomic E-state index is -0.267. The van der Waals surface area contributed by atoms with Crippen LogP contribution in [0.5, 0.6) is 0 Å². The second-order valence-electron chi connectivity index (χ2n) is 6.30. The van der Waals surface area contributed by atoms with Gasteiger partial charge in [-0.3, -0.25) is 9.59 Å². The van der Waals surface area contributed by atoms with Gasteiger partial charge >= 0.3 is 0 Å². The van der Waals surface area contributed by atoms with Crippen molar-refractivity contribution in [2.24, 2.45) is 11.8 Å². The van der Waals surface area contributed by atoms with Crippen LogP contribution in [0.2, 0.25) is 10.0 Å². The average Bonchev–Trinajstić information content (AvgIpc) is 3.39. The number of amides is 2. The molecule has 2 amide bonds. The molecule has 3 rings (SSSR count). The summed E-state index contributed by atoms with van der Waals surface area (Å²) in [7, 11) is 0. The molecule has 2 unspecified atom stereocenters. The van der Waals surface area contributed by atoms with Crippen LogP contribution < -0.4 is 5.32 Å². The first-order chi connectivity index (χ1) is 11.5. The number of hydrogen-bond donors (Lipinski definition) is 1. The summed E-state index contributed by atoms with van der Waals surface area (Å²) in [6.45, 7) is 6.44. The number of carbonyl (C=O) groups excluding carboxylic acids is 2. The molecule has 1 aromatic rings. The molecule has 7 heteroatoms. The van der Waals surface area contributed by atoms with E-state index in [1.54, 1.807) is 18.2 Å². The SMILES string of the molecule is CCN1CCN(C(=O)C2CC2C(=O)Nc2cccc(Cl)c2Cl)CC1. The molecule has 0 spiro atoms. The standard InChI is InChI=1S/C17H21Cl2N3O2/c1-2-21-6-8-22(9-7-21)17(24)12-10-11(12)16(23)20-14-5-3-4-13(18)15(14)19/h3-5,11-12H,2,6-10H2,1H3,(H,20,23). The van der Waals surface area contributed by atoms with E-state index in [1.165, 1.54) is 0 Å². The first-order valence-electron chi connectivity index (χ1n) is 8.27. The first-order valence-corrected chi connectivity index (χ1v) is 9.03. The Hall–Kier alpha value is -1.30. The fourth-order valence-corrected chi connectivity index (χ4v) is 3.45. The smallest absolute Gasteiger partial charge is 0.228 e. The second kappa shape index (κ2) is 7.30. The van der Waals surface area contributed by atoms with Gasteiger partial charge < -0.3 is 15.1 Å². The normalized spacial score (nSPS) is 23.9. The van der Waals surface area contributed by atoms with E-state index in [2.05, 4.69) is 17.1 Å². The van der Waals surface area contributed by atoms with E-state index < -0.39 is 0 Å². The Labute approximate surface area is 151 Å². The van der Waals surface area contributed by atoms with E-state index in [0.717, 1.165) is 32.7 Å². The van der Waals surface area contributed by atoms with Crippen LogP contribution in [0.3, 0.4) is 0 Å². The number of piperazine rings is 1. The molecule has 0 bridgehead atoms. The maximum Gasteiger partial charge on any atom is 0.228 e. The van der Waals surface area contributed by atoms with Gasteiger partial charge in [0.2, 0.25) is 11.8 Å². The van der Waals surface area contributed by atoms with Crippen LogP contribution in [-0.4, -0.2) is 54.3 Å². The van der Waals surface area contributed by atoms with Gasteiger partial charge in [0.05, 0.1) is 27.6 Å². The summed E-state index contributed by atoms with van der Waals surface area (Å²) < 4.78 is 0. The summed E-state index contributed by atoms with van der Waals surface area (Å²) >= 11 is 12.0. The minimum Gasteiger partial charge on any atom is -0.340 e. The number of halogens is 2. The number of carbonyl (C=O) groups is 2. The lowest BCUT2D eigenvalue weighted by atomic mass is 10.2. The van der Waals surface area contributed by atoms with E-state index in [1.807, 2.05) is 4.90 Å². The molecule has 2 fully saturated rings. The van der Waals surface area contributed by atoms with Crippen molar-refractivity contribution >= 4 is 40.7 Å². The van der Waals surface area contributed by atoms with Crippen molar-refractivity contribution in [2.75, 3.05) is 38.0 Å². The molecular weight excluding hydrogens is 349 g/mol. The van der Waals surface area contributed by atoms with Crippen LogP contribution in [0.1, 0.15) is 13.3 Å². The van der Waals surface area contributed by atoms with Gasteiger partial charge in [0.15, 0.2) is 0 Å². The van der Waals surface area contributed by atoms with E-state index in [0.29, 0.717) is 22.2 Å². The van der Waals surface area contributed by atoms with Crippen molar-refractivity contribution in [3.05, 3.63) is 28.2 Å². The average molecular weight is 370 g/mol. The minimum absolute atomic E-state index is 0.100. The van der Waals surface area contributed by atoms with Crippen LogP contribution in [0.4, 0.5) is 5.69 Å². The molecule has 1 saturated heterocycles. The molecule has 24 heavy (non-hydrogen) atoms. The van der Waals surface area contributed by atoms with Gasteiger partial charge in [-0.15, -0.1) is 0 Å². The van der Waals surface area contributed by atoms with Crippen LogP contribution in [0.15, 0.2) is 18.2 Å². The fraction of sp³-hybridized carbons (Fsp3) is 0.529. The Bertz CT molecular complexity index is 645. The molecule has 1 aliphatic carbocycles. The van der Waals surface area contributed by atoms with Crippen LogP contribution in [0, 0.1) is 11.8 Å². The number of benzene rings is 1. The molecule has 1 heterocycles. The summed E-state index contributed by atoms with van der Waals surface area (Å²) in [4.78, 5) is 29.1. The van der Waals surface area contributed by atoms with Crippen molar-refractivity contribution in [2.45, 2.75) is 13.3 Å². The number of nitrogens with one attached hydrogen (secondary N) is 1. The molecule has 1 aromatic carbocycles. The number of nitrogens with zero attached hydrogens (tertiary/aromatic N) is 2. The largest absolute Gasteiger partial charge is 0.340 e. The molecule has 0 radical (unpaired) electrons. The quantitative estimate of drug-likeness (QED) is 0.887. The number of hydrogen-bond acceptors (Lipinski definition) is 3. The van der Waals surface area contributed by atoms with E-state index in [-0.39, 0.29) is 23.7 Å². The highest BCUT2D eigenvalue weighted by molar-refractivity contribution is 6.44. The second-order valence-corrected chi connectivity index (χ2v) is 7.08. The predicted octanol–water partition coefficient (Wildman–Crippen LogP) is 2.73. The Morgan fingerprint density at radius 2 is 1.88 bits per heavy atom. The lowest BCUT2D eigenvalue weighted by molar-refractivity contribution is -0.135.